The minimum Gasteiger partial charge on any atom is -0.456 e. The second-order valence-corrected chi connectivity index (χ2v) is 9.37. The number of benzene rings is 2. The van der Waals surface area contributed by atoms with Crippen LogP contribution in [0.15, 0.2) is 76.6 Å². The van der Waals surface area contributed by atoms with E-state index in [2.05, 4.69) is 5.32 Å². The van der Waals surface area contributed by atoms with Gasteiger partial charge < -0.3 is 14.6 Å². The van der Waals surface area contributed by atoms with Crippen molar-refractivity contribution in [2.45, 2.75) is 25.3 Å². The van der Waals surface area contributed by atoms with Gasteiger partial charge in [0.1, 0.15) is 18.0 Å². The van der Waals surface area contributed by atoms with Gasteiger partial charge in [-0.3, -0.25) is 9.59 Å². The summed E-state index contributed by atoms with van der Waals surface area (Å²) in [5.74, 6) is 0.566. The van der Waals surface area contributed by atoms with Gasteiger partial charge in [-0.2, -0.15) is 4.31 Å². The highest BCUT2D eigenvalue weighted by Gasteiger charge is 2.22. The number of nitrogens with one attached hydrogen (secondary N) is 1. The maximum atomic E-state index is 12.7. The lowest BCUT2D eigenvalue weighted by Gasteiger charge is -2.19. The molecular formula is C23H24ClN3O5S. The third-order valence-electron chi connectivity index (χ3n) is 4.82. The molecule has 8 nitrogen and oxygen atoms in total. The van der Waals surface area contributed by atoms with Crippen LogP contribution in [0.1, 0.15) is 13.8 Å². The number of pyridine rings is 1. The molecule has 0 radical (unpaired) electrons. The maximum Gasteiger partial charge on any atom is 0.251 e. The van der Waals surface area contributed by atoms with E-state index in [1.807, 2.05) is 0 Å². The first-order valence-electron chi connectivity index (χ1n) is 10.3. The van der Waals surface area contributed by atoms with E-state index in [1.165, 1.54) is 16.6 Å². The lowest BCUT2D eigenvalue weighted by atomic mass is 10.3. The molecule has 174 valence electrons. The number of anilines is 1. The monoisotopic (exact) mass is 489 g/mol. The van der Waals surface area contributed by atoms with Gasteiger partial charge in [0, 0.05) is 31.0 Å². The summed E-state index contributed by atoms with van der Waals surface area (Å²) in [6.45, 7) is 3.73. The van der Waals surface area contributed by atoms with Crippen molar-refractivity contribution >= 4 is 33.2 Å². The van der Waals surface area contributed by atoms with E-state index >= 15 is 0 Å². The highest BCUT2D eigenvalue weighted by molar-refractivity contribution is 7.89. The van der Waals surface area contributed by atoms with Crippen LogP contribution in [0.4, 0.5) is 5.69 Å². The Labute approximate surface area is 197 Å². The largest absolute Gasteiger partial charge is 0.456 e. The van der Waals surface area contributed by atoms with E-state index in [0.717, 1.165) is 10.6 Å². The summed E-state index contributed by atoms with van der Waals surface area (Å²) < 4.78 is 33.5. The normalized spacial score (nSPS) is 11.4. The van der Waals surface area contributed by atoms with E-state index in [4.69, 9.17) is 16.3 Å². The summed E-state index contributed by atoms with van der Waals surface area (Å²) in [7, 11) is -3.75. The van der Waals surface area contributed by atoms with Crippen LogP contribution in [-0.4, -0.2) is 36.3 Å². The zero-order valence-electron chi connectivity index (χ0n) is 18.2. The Bertz CT molecular complexity index is 1290. The molecule has 0 unspecified atom stereocenters. The standard InChI is InChI=1S/C23H24ClN3O5S/c1-3-27(4-2)33(30,31)19-13-14-23(29)26(15-19)16-22(28)25-17-9-11-18(12-10-17)32-21-8-6-5-7-20(21)24/h5-15H,3-4,16H2,1-2H3,(H,25,28). The molecule has 10 heteroatoms. The van der Waals surface area contributed by atoms with Crippen molar-refractivity contribution in [2.24, 2.45) is 0 Å². The van der Waals surface area contributed by atoms with E-state index < -0.39 is 21.5 Å². The predicted molar refractivity (Wildman–Crippen MR) is 127 cm³/mol. The number of sulfonamides is 1. The topological polar surface area (TPSA) is 97.7 Å². The number of hydrogen-bond donors (Lipinski definition) is 1. The first kappa shape index (κ1) is 24.5. The average Bonchev–Trinajstić information content (AvgIpc) is 2.78. The third-order valence-corrected chi connectivity index (χ3v) is 7.16. The number of carbonyl (C=O) groups excluding carboxylic acids is 1. The fourth-order valence-corrected chi connectivity index (χ4v) is 4.77. The van der Waals surface area contributed by atoms with Crippen LogP contribution in [0.2, 0.25) is 5.02 Å². The Balaban J connectivity index is 1.69. The minimum atomic E-state index is -3.75. The molecule has 0 aliphatic rings. The fourth-order valence-electron chi connectivity index (χ4n) is 3.11. The van der Waals surface area contributed by atoms with Crippen LogP contribution in [0.3, 0.4) is 0 Å². The summed E-state index contributed by atoms with van der Waals surface area (Å²) in [6, 6.07) is 16.1. The smallest absolute Gasteiger partial charge is 0.251 e. The summed E-state index contributed by atoms with van der Waals surface area (Å²) >= 11 is 6.09. The van der Waals surface area contributed by atoms with Crippen molar-refractivity contribution in [1.82, 2.24) is 8.87 Å². The van der Waals surface area contributed by atoms with Gasteiger partial charge in [-0.25, -0.2) is 8.42 Å². The fraction of sp³-hybridized carbons (Fsp3) is 0.217. The molecular weight excluding hydrogens is 466 g/mol. The molecule has 0 spiro atoms. The lowest BCUT2D eigenvalue weighted by molar-refractivity contribution is -0.116. The van der Waals surface area contributed by atoms with Crippen molar-refractivity contribution in [3.8, 4) is 11.5 Å². The molecule has 0 saturated heterocycles. The Morgan fingerprint density at radius 2 is 1.70 bits per heavy atom. The highest BCUT2D eigenvalue weighted by atomic mass is 35.5. The van der Waals surface area contributed by atoms with Crippen molar-refractivity contribution < 1.29 is 17.9 Å². The van der Waals surface area contributed by atoms with E-state index in [-0.39, 0.29) is 11.4 Å². The molecule has 3 aromatic rings. The molecule has 1 amide bonds. The Morgan fingerprint density at radius 1 is 1.03 bits per heavy atom. The van der Waals surface area contributed by atoms with Crippen LogP contribution in [-0.2, 0) is 21.4 Å². The molecule has 3 rings (SSSR count). The Hall–Kier alpha value is -3.14. The molecule has 33 heavy (non-hydrogen) atoms. The number of para-hydroxylation sites is 1. The van der Waals surface area contributed by atoms with Crippen molar-refractivity contribution in [3.05, 3.63) is 82.2 Å². The van der Waals surface area contributed by atoms with Gasteiger partial charge in [0.15, 0.2) is 0 Å². The van der Waals surface area contributed by atoms with Crippen LogP contribution >= 0.6 is 11.6 Å². The SMILES string of the molecule is CCN(CC)S(=O)(=O)c1ccc(=O)n(CC(=O)Nc2ccc(Oc3ccccc3Cl)cc2)c1. The number of carbonyl (C=O) groups is 1. The summed E-state index contributed by atoms with van der Waals surface area (Å²) in [5, 5.41) is 3.16. The number of hydrogen-bond acceptors (Lipinski definition) is 5. The van der Waals surface area contributed by atoms with Gasteiger partial charge in [-0.05, 0) is 42.5 Å². The zero-order valence-corrected chi connectivity index (χ0v) is 19.8. The van der Waals surface area contributed by atoms with Crippen LogP contribution in [0.5, 0.6) is 11.5 Å². The number of halogens is 1. The van der Waals surface area contributed by atoms with Crippen LogP contribution in [0, 0.1) is 0 Å². The Morgan fingerprint density at radius 3 is 2.33 bits per heavy atom. The molecule has 0 fully saturated rings. The van der Waals surface area contributed by atoms with Crippen molar-refractivity contribution in [3.63, 3.8) is 0 Å². The second kappa shape index (κ2) is 10.7. The first-order valence-corrected chi connectivity index (χ1v) is 12.1. The quantitative estimate of drug-likeness (QED) is 0.490. The number of amides is 1. The van der Waals surface area contributed by atoms with Gasteiger partial charge in [-0.15, -0.1) is 0 Å². The van der Waals surface area contributed by atoms with Gasteiger partial charge in [0.05, 0.1) is 9.92 Å². The molecule has 0 bridgehead atoms. The molecule has 0 saturated carbocycles. The van der Waals surface area contributed by atoms with Gasteiger partial charge in [-0.1, -0.05) is 37.6 Å². The van der Waals surface area contributed by atoms with Gasteiger partial charge >= 0.3 is 0 Å². The predicted octanol–water partition coefficient (Wildman–Crippen LogP) is 3.96. The maximum absolute atomic E-state index is 12.7. The summed E-state index contributed by atoms with van der Waals surface area (Å²) in [5.41, 5.74) is 0.0126. The lowest BCUT2D eigenvalue weighted by Crippen LogP contribution is -2.33. The zero-order chi connectivity index (χ0) is 24.0. The number of rotatable bonds is 9. The van der Waals surface area contributed by atoms with E-state index in [1.54, 1.807) is 62.4 Å². The second-order valence-electron chi connectivity index (χ2n) is 7.03. The van der Waals surface area contributed by atoms with Gasteiger partial charge in [0.25, 0.3) is 5.56 Å². The number of aromatic nitrogens is 1. The van der Waals surface area contributed by atoms with Crippen molar-refractivity contribution in [2.75, 3.05) is 18.4 Å². The average molecular weight is 490 g/mol. The van der Waals surface area contributed by atoms with E-state index in [0.29, 0.717) is 35.3 Å². The number of ether oxygens (including phenoxy) is 1. The summed E-state index contributed by atoms with van der Waals surface area (Å²) in [6.07, 6.45) is 1.19. The van der Waals surface area contributed by atoms with E-state index in [9.17, 15) is 18.0 Å². The first-order chi connectivity index (χ1) is 15.7. The summed E-state index contributed by atoms with van der Waals surface area (Å²) in [4.78, 5) is 24.6. The molecule has 0 atom stereocenters. The van der Waals surface area contributed by atoms with Crippen LogP contribution < -0.4 is 15.6 Å². The highest BCUT2D eigenvalue weighted by Crippen LogP contribution is 2.29. The van der Waals surface area contributed by atoms with Gasteiger partial charge in [0.2, 0.25) is 15.9 Å². The molecule has 0 aliphatic heterocycles. The number of nitrogens with zero attached hydrogens (tertiary/aromatic N) is 2. The van der Waals surface area contributed by atoms with Crippen LogP contribution in [0.25, 0.3) is 0 Å². The molecule has 2 aromatic carbocycles. The molecule has 0 aliphatic carbocycles. The third kappa shape index (κ3) is 6.01. The molecule has 1 heterocycles. The van der Waals surface area contributed by atoms with Crippen molar-refractivity contribution in [1.29, 1.82) is 0 Å². The Kier molecular flexibility index (Phi) is 7.91. The minimum absolute atomic E-state index is 0.0420. The molecule has 1 N–H and O–H groups in total. The molecule has 1 aromatic heterocycles.